The Balaban J connectivity index is 1.19. The molecule has 0 aliphatic carbocycles. The van der Waals surface area contributed by atoms with Crippen LogP contribution in [0.4, 0.5) is 0 Å². The van der Waals surface area contributed by atoms with Gasteiger partial charge < -0.3 is 58.1 Å². The Kier molecular flexibility index (Phi) is 18.7. The number of aromatic amines is 2. The summed E-state index contributed by atoms with van der Waals surface area (Å²) in [6.07, 6.45) is 6.79. The van der Waals surface area contributed by atoms with Crippen molar-refractivity contribution in [1.29, 1.82) is 0 Å². The Morgan fingerprint density at radius 3 is 0.952 bits per heavy atom. The van der Waals surface area contributed by atoms with Gasteiger partial charge in [-0.1, -0.05) is 48.5 Å². The summed E-state index contributed by atoms with van der Waals surface area (Å²) in [7, 11) is 0. The molecule has 4 N–H and O–H groups in total. The van der Waals surface area contributed by atoms with E-state index in [1.54, 1.807) is 53.7 Å². The molecule has 0 saturated heterocycles. The molecule has 0 amide bonds. The van der Waals surface area contributed by atoms with Gasteiger partial charge in [0.2, 0.25) is 0 Å². The van der Waals surface area contributed by atoms with Gasteiger partial charge in [0.25, 0.3) is 0 Å². The van der Waals surface area contributed by atoms with Crippen molar-refractivity contribution in [2.24, 2.45) is 0 Å². The van der Waals surface area contributed by atoms with Crippen LogP contribution in [-0.4, -0.2) is 118 Å². The van der Waals surface area contributed by atoms with Gasteiger partial charge in [0, 0.05) is 44.3 Å². The Morgan fingerprint density at radius 1 is 0.393 bits per heavy atom. The van der Waals surface area contributed by atoms with Crippen molar-refractivity contribution < 1.29 is 67.3 Å². The number of hydrogen-bond donors (Lipinski definition) is 4. The molecule has 18 nitrogen and oxygen atoms in total. The van der Waals surface area contributed by atoms with Crippen LogP contribution in [0.2, 0.25) is 0 Å². The minimum Gasteiger partial charge on any atom is -0.491 e. The number of carbonyl (C=O) groups is 4. The molecule has 7 aromatic rings. The van der Waals surface area contributed by atoms with E-state index < -0.39 is 47.9 Å². The topological polar surface area (TPSA) is 240 Å². The number of nitrogens with one attached hydrogen (secondary N) is 2. The fourth-order valence-corrected chi connectivity index (χ4v) is 9.44. The average Bonchev–Trinajstić information content (AvgIpc) is 2.96. The number of hydrogen-bond acceptors (Lipinski definition) is 16. The number of nitrogens with zero attached hydrogens (tertiary/aromatic N) is 2. The van der Waals surface area contributed by atoms with E-state index in [9.17, 15) is 29.4 Å². The molecule has 0 radical (unpaired) electrons. The SMILES string of the molecule is CC(C)(C)OC(=O)CC(=O)OCCOc1cccc(-c2c3nc(c(-c4cccc(OCCO)c4)c4ccc([nH]4)c(-c4cccc(OCCOC(=O)CC(=O)OC(C)(C)C)c4)c4nc(c(-c5cccc(OCCO)c5)c5ccc2[nH]5)C=C4)C=C3)c1. The van der Waals surface area contributed by atoms with Gasteiger partial charge in [-0.25, -0.2) is 9.97 Å². The van der Waals surface area contributed by atoms with E-state index in [2.05, 4.69) is 9.97 Å². The van der Waals surface area contributed by atoms with Gasteiger partial charge in [0.1, 0.15) is 86.7 Å². The highest BCUT2D eigenvalue weighted by atomic mass is 16.6. The molecule has 2 aliphatic rings. The summed E-state index contributed by atoms with van der Waals surface area (Å²) < 4.78 is 45.3. The van der Waals surface area contributed by atoms with Crippen LogP contribution < -0.4 is 18.9 Å². The number of fused-ring (bicyclic) bond motifs is 8. The lowest BCUT2D eigenvalue weighted by Gasteiger charge is -2.19. The molecule has 434 valence electrons. The number of aliphatic hydroxyl groups is 2. The lowest BCUT2D eigenvalue weighted by molar-refractivity contribution is -0.163. The maximum atomic E-state index is 12.5. The number of esters is 4. The first-order valence-corrected chi connectivity index (χ1v) is 27.5. The van der Waals surface area contributed by atoms with Crippen molar-refractivity contribution >= 4 is 70.2 Å². The fourth-order valence-electron chi connectivity index (χ4n) is 9.44. The summed E-state index contributed by atoms with van der Waals surface area (Å²) in [5.41, 5.74) is 9.82. The lowest BCUT2D eigenvalue weighted by atomic mass is 10.0. The van der Waals surface area contributed by atoms with Crippen LogP contribution in [0.1, 0.15) is 77.2 Å². The van der Waals surface area contributed by atoms with Gasteiger partial charge >= 0.3 is 23.9 Å². The first kappa shape index (κ1) is 59.1. The maximum absolute atomic E-state index is 12.5. The minimum absolute atomic E-state index is 0.00666. The molecule has 0 spiro atoms. The van der Waals surface area contributed by atoms with Gasteiger partial charge in [0.15, 0.2) is 0 Å². The standard InChI is InChI=1S/C66H66N4O14/c1-65(2,3)83-59(75)39-57(73)81-33-31-79-47-17-9-13-43(37-47)63-53-23-19-49(67-53)61(41-11-7-15-45(35-41)77-29-27-71)51-21-25-55(69-51)64(44-14-10-18-48(38-44)80-32-34-82-58(74)40-60(76)84-66(4,5)6)56-26-22-52(70-56)62(50-20-24-54(63)68-50)42-12-8-16-46(36-42)78-30-28-72/h7-26,35-38,67,70-72H,27-34,39-40H2,1-6H3. The smallest absolute Gasteiger partial charge is 0.317 e. The van der Waals surface area contributed by atoms with Gasteiger partial charge in [0.05, 0.1) is 36.0 Å². The Morgan fingerprint density at radius 2 is 0.679 bits per heavy atom. The summed E-state index contributed by atoms with van der Waals surface area (Å²) in [6, 6.07) is 38.1. The highest BCUT2D eigenvalue weighted by Gasteiger charge is 2.23. The third kappa shape index (κ3) is 15.5. The van der Waals surface area contributed by atoms with Gasteiger partial charge in [-0.2, -0.15) is 0 Å². The molecule has 84 heavy (non-hydrogen) atoms. The lowest BCUT2D eigenvalue weighted by Crippen LogP contribution is -2.26. The minimum atomic E-state index is -0.742. The zero-order valence-corrected chi connectivity index (χ0v) is 47.6. The van der Waals surface area contributed by atoms with Crippen LogP contribution in [-0.2, 0) is 38.1 Å². The van der Waals surface area contributed by atoms with E-state index in [1.807, 2.05) is 133 Å². The quantitative estimate of drug-likeness (QED) is 0.0213. The van der Waals surface area contributed by atoms with E-state index in [-0.39, 0.29) is 52.9 Å². The highest BCUT2D eigenvalue weighted by molar-refractivity contribution is 6.00. The summed E-state index contributed by atoms with van der Waals surface area (Å²) in [6.45, 7) is 10.00. The van der Waals surface area contributed by atoms with E-state index in [0.717, 1.165) is 44.5 Å². The third-order valence-corrected chi connectivity index (χ3v) is 12.6. The van der Waals surface area contributed by atoms with Crippen LogP contribution in [0.15, 0.2) is 121 Å². The molecule has 0 unspecified atom stereocenters. The van der Waals surface area contributed by atoms with Crippen LogP contribution >= 0.6 is 0 Å². The predicted molar refractivity (Wildman–Crippen MR) is 320 cm³/mol. The molecule has 8 bridgehead atoms. The monoisotopic (exact) mass is 1140 g/mol. The second kappa shape index (κ2) is 26.6. The molecular formula is C66H66N4O14. The molecule has 9 rings (SSSR count). The number of aliphatic hydroxyl groups excluding tert-OH is 2. The normalized spacial score (nSPS) is 11.9. The second-order valence-corrected chi connectivity index (χ2v) is 21.4. The molecule has 0 saturated carbocycles. The molecule has 5 heterocycles. The van der Waals surface area contributed by atoms with Crippen LogP contribution in [0, 0.1) is 0 Å². The number of ether oxygens (including phenoxy) is 8. The summed E-state index contributed by atoms with van der Waals surface area (Å²) in [5, 5.41) is 19.4. The molecule has 0 atom stereocenters. The Hall–Kier alpha value is -9.52. The number of benzene rings is 4. The number of rotatable bonds is 22. The molecule has 0 fully saturated rings. The zero-order chi connectivity index (χ0) is 59.4. The summed E-state index contributed by atoms with van der Waals surface area (Å²) in [4.78, 5) is 67.8. The summed E-state index contributed by atoms with van der Waals surface area (Å²) in [5.74, 6) is -0.729. The first-order valence-electron chi connectivity index (χ1n) is 27.5. The van der Waals surface area contributed by atoms with Crippen LogP contribution in [0.5, 0.6) is 23.0 Å². The van der Waals surface area contributed by atoms with Crippen LogP contribution in [0.3, 0.4) is 0 Å². The van der Waals surface area contributed by atoms with Gasteiger partial charge in [-0.3, -0.25) is 19.2 Å². The Bertz CT molecular complexity index is 3560. The number of H-pyrrole nitrogens is 2. The largest absolute Gasteiger partial charge is 0.491 e. The van der Waals surface area contributed by atoms with Crippen molar-refractivity contribution in [3.05, 3.63) is 144 Å². The van der Waals surface area contributed by atoms with Crippen LogP contribution in [0.25, 0.3) is 90.9 Å². The number of aromatic nitrogens is 4. The molecule has 2 aliphatic heterocycles. The number of carbonyl (C=O) groups excluding carboxylic acids is 4. The van der Waals surface area contributed by atoms with Crippen molar-refractivity contribution in [3.63, 3.8) is 0 Å². The molecular weight excluding hydrogens is 1070 g/mol. The van der Waals surface area contributed by atoms with Gasteiger partial charge in [-0.15, -0.1) is 0 Å². The van der Waals surface area contributed by atoms with Crippen molar-refractivity contribution in [2.45, 2.75) is 65.6 Å². The van der Waals surface area contributed by atoms with E-state index in [4.69, 9.17) is 47.9 Å². The fraction of sp³-hybridized carbons (Fsp3) is 0.273. The average molecular weight is 1140 g/mol. The summed E-state index contributed by atoms with van der Waals surface area (Å²) >= 11 is 0. The second-order valence-electron chi connectivity index (χ2n) is 21.4. The zero-order valence-electron chi connectivity index (χ0n) is 47.6. The third-order valence-electron chi connectivity index (χ3n) is 12.6. The molecule has 18 heteroatoms. The highest BCUT2D eigenvalue weighted by Crippen LogP contribution is 2.40. The maximum Gasteiger partial charge on any atom is 0.317 e. The van der Waals surface area contributed by atoms with Crippen molar-refractivity contribution in [2.75, 3.05) is 52.9 Å². The van der Waals surface area contributed by atoms with Gasteiger partial charge in [-0.05, 0) is 161 Å². The van der Waals surface area contributed by atoms with E-state index in [1.165, 1.54) is 0 Å². The van der Waals surface area contributed by atoms with E-state index in [0.29, 0.717) is 67.8 Å². The molecule has 3 aromatic heterocycles. The van der Waals surface area contributed by atoms with E-state index >= 15 is 0 Å². The predicted octanol–water partition coefficient (Wildman–Crippen LogP) is 11.4. The first-order chi connectivity index (χ1) is 40.4. The molecule has 4 aromatic carbocycles. The van der Waals surface area contributed by atoms with Crippen molar-refractivity contribution in [3.8, 4) is 67.5 Å². The Labute approximate surface area is 485 Å². The van der Waals surface area contributed by atoms with Crippen molar-refractivity contribution in [1.82, 2.24) is 19.9 Å².